The molecule has 5 N–H and O–H groups in total. The second-order valence-corrected chi connectivity index (χ2v) is 8.69. The Morgan fingerprint density at radius 2 is 1.56 bits per heavy atom. The molecule has 0 bridgehead atoms. The first kappa shape index (κ1) is 26.7. The van der Waals surface area contributed by atoms with Crippen molar-refractivity contribution < 1.29 is 34.1 Å². The molecule has 10 heteroatoms. The lowest BCUT2D eigenvalue weighted by Gasteiger charge is -2.24. The number of carbonyl (C=O) groups excluding carboxylic acids is 3. The molecular weight excluding hydrogens is 466 g/mol. The topological polar surface area (TPSA) is 154 Å². The Kier molecular flexibility index (Phi) is 9.02. The van der Waals surface area contributed by atoms with Crippen LogP contribution in [-0.4, -0.2) is 65.9 Å². The smallest absolute Gasteiger partial charge is 0.407 e. The van der Waals surface area contributed by atoms with Crippen molar-refractivity contribution in [1.29, 1.82) is 0 Å². The minimum atomic E-state index is -1.47. The third-order valence-electron chi connectivity index (χ3n) is 6.35. The second-order valence-electron chi connectivity index (χ2n) is 8.69. The van der Waals surface area contributed by atoms with E-state index in [1.54, 1.807) is 6.92 Å². The number of aliphatic hydroxyl groups excluding tert-OH is 1. The number of ether oxygens (including phenoxy) is 1. The third kappa shape index (κ3) is 6.19. The highest BCUT2D eigenvalue weighted by molar-refractivity contribution is 5.91. The fourth-order valence-corrected chi connectivity index (χ4v) is 4.18. The molecule has 0 fully saturated rings. The monoisotopic (exact) mass is 497 g/mol. The van der Waals surface area contributed by atoms with Crippen LogP contribution < -0.4 is 16.0 Å². The fraction of sp³-hybridized carbons (Fsp3) is 0.385. The minimum absolute atomic E-state index is 0.0921. The summed E-state index contributed by atoms with van der Waals surface area (Å²) in [7, 11) is 0. The Morgan fingerprint density at radius 1 is 0.972 bits per heavy atom. The zero-order valence-corrected chi connectivity index (χ0v) is 20.2. The minimum Gasteiger partial charge on any atom is -0.480 e. The van der Waals surface area contributed by atoms with Crippen molar-refractivity contribution in [2.75, 3.05) is 19.8 Å². The van der Waals surface area contributed by atoms with Crippen molar-refractivity contribution in [3.8, 4) is 11.1 Å². The molecule has 2 aromatic rings. The van der Waals surface area contributed by atoms with E-state index in [-0.39, 0.29) is 18.4 Å². The van der Waals surface area contributed by atoms with Crippen LogP contribution in [0.15, 0.2) is 48.5 Å². The first-order chi connectivity index (χ1) is 17.3. The van der Waals surface area contributed by atoms with Crippen molar-refractivity contribution in [2.45, 2.75) is 38.3 Å². The Morgan fingerprint density at radius 3 is 2.08 bits per heavy atom. The molecule has 36 heavy (non-hydrogen) atoms. The van der Waals surface area contributed by atoms with E-state index in [0.717, 1.165) is 22.3 Å². The number of carboxylic acid groups (broad SMARTS) is 1. The highest BCUT2D eigenvalue weighted by Crippen LogP contribution is 2.44. The maximum atomic E-state index is 12.7. The van der Waals surface area contributed by atoms with Crippen molar-refractivity contribution in [1.82, 2.24) is 16.0 Å². The lowest BCUT2D eigenvalue weighted by atomic mass is 9.98. The van der Waals surface area contributed by atoms with Crippen LogP contribution in [-0.2, 0) is 19.1 Å². The predicted molar refractivity (Wildman–Crippen MR) is 131 cm³/mol. The van der Waals surface area contributed by atoms with Crippen LogP contribution in [0, 0.1) is 5.92 Å². The van der Waals surface area contributed by atoms with Crippen LogP contribution in [0.25, 0.3) is 11.1 Å². The summed E-state index contributed by atoms with van der Waals surface area (Å²) < 4.78 is 5.53. The van der Waals surface area contributed by atoms with Gasteiger partial charge in [-0.25, -0.2) is 9.59 Å². The van der Waals surface area contributed by atoms with Gasteiger partial charge in [-0.1, -0.05) is 68.8 Å². The molecule has 0 aromatic heterocycles. The van der Waals surface area contributed by atoms with Crippen LogP contribution in [0.2, 0.25) is 0 Å². The maximum Gasteiger partial charge on any atom is 0.407 e. The van der Waals surface area contributed by atoms with Crippen molar-refractivity contribution >= 4 is 23.9 Å². The number of nitrogens with one attached hydrogen (secondary N) is 3. The first-order valence-corrected chi connectivity index (χ1v) is 11.8. The highest BCUT2D eigenvalue weighted by Gasteiger charge is 2.31. The van der Waals surface area contributed by atoms with Gasteiger partial charge in [0, 0.05) is 5.92 Å². The summed E-state index contributed by atoms with van der Waals surface area (Å²) in [5.74, 6) is -3.18. The van der Waals surface area contributed by atoms with Gasteiger partial charge in [0.2, 0.25) is 11.8 Å². The van der Waals surface area contributed by atoms with E-state index in [1.807, 2.05) is 55.5 Å². The molecule has 2 aromatic carbocycles. The van der Waals surface area contributed by atoms with Crippen LogP contribution >= 0.6 is 0 Å². The van der Waals surface area contributed by atoms with Gasteiger partial charge >= 0.3 is 12.1 Å². The van der Waals surface area contributed by atoms with E-state index in [9.17, 15) is 19.2 Å². The number of rotatable bonds is 11. The number of aliphatic carboxylic acids is 1. The number of hydrogen-bond acceptors (Lipinski definition) is 6. The third-order valence-corrected chi connectivity index (χ3v) is 6.35. The Labute approximate surface area is 209 Å². The predicted octanol–water partition coefficient (Wildman–Crippen LogP) is 1.62. The lowest BCUT2D eigenvalue weighted by molar-refractivity contribution is -0.142. The first-order valence-electron chi connectivity index (χ1n) is 11.8. The van der Waals surface area contributed by atoms with E-state index >= 15 is 0 Å². The number of carbonyl (C=O) groups is 4. The molecule has 1 aliphatic carbocycles. The summed E-state index contributed by atoms with van der Waals surface area (Å²) in [6.07, 6.45) is -0.188. The standard InChI is InChI=1S/C26H31N3O7/c1-3-15(2)23(24(32)27-12-22(31)28-21(13-30)25(33)34)29-26(35)36-14-20-18-10-6-4-8-16(18)17-9-5-7-11-19(17)20/h4-11,15,20-21,23,30H,3,12-14H2,1-2H3,(H,27,32)(H,28,31)(H,29,35)(H,33,34). The molecule has 0 spiro atoms. The fourth-order valence-electron chi connectivity index (χ4n) is 4.18. The SMILES string of the molecule is CCC(C)C(NC(=O)OCC1c2ccccc2-c2ccccc21)C(=O)NCC(=O)NC(CO)C(=O)O. The molecule has 0 saturated carbocycles. The molecule has 0 saturated heterocycles. The van der Waals surface area contributed by atoms with E-state index in [4.69, 9.17) is 14.9 Å². The van der Waals surface area contributed by atoms with Crippen molar-refractivity contribution in [3.05, 3.63) is 59.7 Å². The largest absolute Gasteiger partial charge is 0.480 e. The molecule has 10 nitrogen and oxygen atoms in total. The molecule has 3 atom stereocenters. The summed E-state index contributed by atoms with van der Waals surface area (Å²) in [4.78, 5) is 48.3. The number of fused-ring (bicyclic) bond motifs is 3. The second kappa shape index (κ2) is 12.2. The van der Waals surface area contributed by atoms with Crippen molar-refractivity contribution in [3.63, 3.8) is 0 Å². The molecule has 3 rings (SSSR count). The van der Waals surface area contributed by atoms with E-state index in [1.165, 1.54) is 0 Å². The number of alkyl carbamates (subject to hydrolysis) is 1. The average Bonchev–Trinajstić information content (AvgIpc) is 3.20. The van der Waals surface area contributed by atoms with Crippen LogP contribution in [0.1, 0.15) is 37.3 Å². The zero-order chi connectivity index (χ0) is 26.2. The van der Waals surface area contributed by atoms with Crippen LogP contribution in [0.5, 0.6) is 0 Å². The molecule has 3 unspecified atom stereocenters. The van der Waals surface area contributed by atoms with Gasteiger partial charge in [-0.2, -0.15) is 0 Å². The van der Waals surface area contributed by atoms with E-state index in [0.29, 0.717) is 6.42 Å². The van der Waals surface area contributed by atoms with Gasteiger partial charge in [-0.15, -0.1) is 0 Å². The molecule has 0 radical (unpaired) electrons. The molecule has 0 aliphatic heterocycles. The van der Waals surface area contributed by atoms with E-state index < -0.39 is 49.1 Å². The van der Waals surface area contributed by atoms with Gasteiger partial charge in [-0.3, -0.25) is 9.59 Å². The molecule has 192 valence electrons. The van der Waals surface area contributed by atoms with E-state index in [2.05, 4.69) is 16.0 Å². The highest BCUT2D eigenvalue weighted by atomic mass is 16.5. The Hall–Kier alpha value is -3.92. The van der Waals surface area contributed by atoms with Crippen molar-refractivity contribution in [2.24, 2.45) is 5.92 Å². The summed E-state index contributed by atoms with van der Waals surface area (Å²) in [5.41, 5.74) is 4.33. The summed E-state index contributed by atoms with van der Waals surface area (Å²) in [5, 5.41) is 25.0. The van der Waals surface area contributed by atoms with Gasteiger partial charge in [0.25, 0.3) is 0 Å². The number of hydrogen-bond donors (Lipinski definition) is 5. The Bertz CT molecular complexity index is 1070. The summed E-state index contributed by atoms with van der Waals surface area (Å²) >= 11 is 0. The van der Waals surface area contributed by atoms with Gasteiger partial charge in [-0.05, 0) is 28.2 Å². The number of carboxylic acids is 1. The zero-order valence-electron chi connectivity index (χ0n) is 20.2. The Balaban J connectivity index is 1.59. The van der Waals surface area contributed by atoms with Gasteiger partial charge in [0.1, 0.15) is 18.7 Å². The van der Waals surface area contributed by atoms with Crippen LogP contribution in [0.3, 0.4) is 0 Å². The van der Waals surface area contributed by atoms with Gasteiger partial charge in [0.15, 0.2) is 0 Å². The number of amides is 3. The normalized spacial score (nSPS) is 14.5. The molecule has 0 heterocycles. The van der Waals surface area contributed by atoms with Gasteiger partial charge < -0.3 is 30.9 Å². The van der Waals surface area contributed by atoms with Crippen LogP contribution in [0.4, 0.5) is 4.79 Å². The van der Waals surface area contributed by atoms with Gasteiger partial charge in [0.05, 0.1) is 13.2 Å². The number of aliphatic hydroxyl groups is 1. The summed E-state index contributed by atoms with van der Waals surface area (Å²) in [6.45, 7) is 2.43. The molecular formula is C26H31N3O7. The molecule has 3 amide bonds. The maximum absolute atomic E-state index is 12.7. The summed E-state index contributed by atoms with van der Waals surface area (Å²) in [6, 6.07) is 13.5. The quantitative estimate of drug-likeness (QED) is 0.316. The lowest BCUT2D eigenvalue weighted by Crippen LogP contribution is -2.53. The number of benzene rings is 2. The average molecular weight is 498 g/mol. The molecule has 1 aliphatic rings.